The average Bonchev–Trinajstić information content (AvgIpc) is 2.16. The van der Waals surface area contributed by atoms with Crippen molar-refractivity contribution in [1.82, 2.24) is 0 Å². The van der Waals surface area contributed by atoms with Crippen molar-refractivity contribution in [3.63, 3.8) is 0 Å². The first-order valence-corrected chi connectivity index (χ1v) is 4.38. The van der Waals surface area contributed by atoms with Crippen molar-refractivity contribution in [2.75, 3.05) is 6.61 Å². The van der Waals surface area contributed by atoms with Gasteiger partial charge in [-0.1, -0.05) is 26.0 Å². The largest absolute Gasteiger partial charge is 0.396 e. The minimum absolute atomic E-state index is 0.267. The lowest BCUT2D eigenvalue weighted by Crippen LogP contribution is -2.19. The lowest BCUT2D eigenvalue weighted by atomic mass is 9.78. The molecule has 0 spiro atoms. The zero-order chi connectivity index (χ0) is 8.48. The summed E-state index contributed by atoms with van der Waals surface area (Å²) < 4.78 is 0. The third kappa shape index (κ3) is 1.48. The summed E-state index contributed by atoms with van der Waals surface area (Å²) in [6.45, 7) is 8.86. The van der Waals surface area contributed by atoms with E-state index in [1.165, 1.54) is 12.0 Å². The summed E-state index contributed by atoms with van der Waals surface area (Å²) in [5.74, 6) is 0.653. The molecule has 1 saturated carbocycles. The quantitative estimate of drug-likeness (QED) is 0.605. The van der Waals surface area contributed by atoms with Crippen LogP contribution < -0.4 is 0 Å². The van der Waals surface area contributed by atoms with E-state index in [1.807, 2.05) is 0 Å². The number of aliphatic hydroxyl groups is 1. The minimum atomic E-state index is 0.267. The summed E-state index contributed by atoms with van der Waals surface area (Å²) >= 11 is 0. The molecule has 11 heavy (non-hydrogen) atoms. The van der Waals surface area contributed by atoms with Gasteiger partial charge in [0.15, 0.2) is 0 Å². The second-order valence-electron chi connectivity index (χ2n) is 4.07. The van der Waals surface area contributed by atoms with Crippen LogP contribution in [0.2, 0.25) is 0 Å². The van der Waals surface area contributed by atoms with Gasteiger partial charge in [-0.3, -0.25) is 0 Å². The molecule has 0 aliphatic heterocycles. The number of aliphatic hydroxyl groups excluding tert-OH is 1. The monoisotopic (exact) mass is 154 g/mol. The van der Waals surface area contributed by atoms with E-state index in [4.69, 9.17) is 5.11 Å². The number of allylic oxidation sites excluding steroid dienone is 1. The molecule has 1 rings (SSSR count). The van der Waals surface area contributed by atoms with Gasteiger partial charge in [0.1, 0.15) is 0 Å². The van der Waals surface area contributed by atoms with E-state index >= 15 is 0 Å². The summed E-state index contributed by atoms with van der Waals surface area (Å²) in [7, 11) is 0. The van der Waals surface area contributed by atoms with Crippen LogP contribution in [0, 0.1) is 11.3 Å². The van der Waals surface area contributed by atoms with Gasteiger partial charge in [0.2, 0.25) is 0 Å². The molecule has 0 bridgehead atoms. The van der Waals surface area contributed by atoms with E-state index in [0.29, 0.717) is 12.5 Å². The van der Waals surface area contributed by atoms with Crippen LogP contribution in [0.3, 0.4) is 0 Å². The molecule has 0 heterocycles. The highest BCUT2D eigenvalue weighted by Crippen LogP contribution is 2.47. The molecule has 1 aliphatic rings. The molecule has 1 heteroatoms. The Morgan fingerprint density at radius 2 is 2.27 bits per heavy atom. The van der Waals surface area contributed by atoms with Crippen LogP contribution in [0.1, 0.15) is 33.1 Å². The maximum Gasteiger partial charge on any atom is 0.0433 e. The predicted octanol–water partition coefficient (Wildman–Crippen LogP) is 2.36. The number of rotatable bonds is 2. The first kappa shape index (κ1) is 8.79. The molecule has 0 aromatic carbocycles. The molecule has 0 amide bonds. The molecular formula is C10H18O. The summed E-state index contributed by atoms with van der Waals surface area (Å²) in [5.41, 5.74) is 1.62. The summed E-state index contributed by atoms with van der Waals surface area (Å²) in [6.07, 6.45) is 3.30. The van der Waals surface area contributed by atoms with Crippen molar-refractivity contribution in [2.45, 2.75) is 33.1 Å². The van der Waals surface area contributed by atoms with Crippen molar-refractivity contribution in [3.05, 3.63) is 12.2 Å². The van der Waals surface area contributed by atoms with Gasteiger partial charge in [0.25, 0.3) is 0 Å². The van der Waals surface area contributed by atoms with Gasteiger partial charge in [-0.25, -0.2) is 0 Å². The molecule has 1 N–H and O–H groups in total. The second kappa shape index (κ2) is 2.98. The fourth-order valence-corrected chi connectivity index (χ4v) is 1.98. The molecule has 1 fully saturated rings. The molecule has 0 saturated heterocycles. The van der Waals surface area contributed by atoms with Crippen LogP contribution in [0.5, 0.6) is 0 Å². The van der Waals surface area contributed by atoms with Gasteiger partial charge in [-0.2, -0.15) is 0 Å². The maximum absolute atomic E-state index is 8.82. The van der Waals surface area contributed by atoms with Gasteiger partial charge in [0, 0.05) is 6.61 Å². The minimum Gasteiger partial charge on any atom is -0.396 e. The Morgan fingerprint density at radius 1 is 1.64 bits per heavy atom. The van der Waals surface area contributed by atoms with Crippen molar-refractivity contribution in [3.8, 4) is 0 Å². The Kier molecular flexibility index (Phi) is 2.38. The summed E-state index contributed by atoms with van der Waals surface area (Å²) in [4.78, 5) is 0. The van der Waals surface area contributed by atoms with Crippen LogP contribution in [0.15, 0.2) is 12.2 Å². The zero-order valence-electron chi connectivity index (χ0n) is 7.56. The highest BCUT2D eigenvalue weighted by Gasteiger charge is 2.36. The second-order valence-corrected chi connectivity index (χ2v) is 4.07. The molecule has 64 valence electrons. The molecular weight excluding hydrogens is 136 g/mol. The summed E-state index contributed by atoms with van der Waals surface area (Å²) in [6, 6.07) is 0. The van der Waals surface area contributed by atoms with Crippen LogP contribution in [-0.4, -0.2) is 11.7 Å². The Balaban J connectivity index is 2.62. The van der Waals surface area contributed by atoms with Gasteiger partial charge >= 0.3 is 0 Å². The van der Waals surface area contributed by atoms with Crippen molar-refractivity contribution < 1.29 is 5.11 Å². The predicted molar refractivity (Wildman–Crippen MR) is 47.3 cm³/mol. The highest BCUT2D eigenvalue weighted by molar-refractivity contribution is 5.14. The molecule has 0 aromatic rings. The van der Waals surface area contributed by atoms with E-state index in [9.17, 15) is 0 Å². The number of hydrogen-bond acceptors (Lipinski definition) is 1. The molecule has 0 radical (unpaired) electrons. The standard InChI is InChI=1S/C10H18O/c1-8-4-5-9(6-7-11)10(8,2)3/h9,11H,1,4-7H2,2-3H3/t9-/m1/s1. The Hall–Kier alpha value is -0.300. The van der Waals surface area contributed by atoms with Crippen LogP contribution >= 0.6 is 0 Å². The Morgan fingerprint density at radius 3 is 2.64 bits per heavy atom. The van der Waals surface area contributed by atoms with E-state index in [0.717, 1.165) is 12.8 Å². The van der Waals surface area contributed by atoms with Gasteiger partial charge in [-0.15, -0.1) is 0 Å². The van der Waals surface area contributed by atoms with Crippen molar-refractivity contribution >= 4 is 0 Å². The van der Waals surface area contributed by atoms with Crippen LogP contribution in [-0.2, 0) is 0 Å². The molecule has 0 unspecified atom stereocenters. The van der Waals surface area contributed by atoms with Crippen LogP contribution in [0.4, 0.5) is 0 Å². The average molecular weight is 154 g/mol. The fourth-order valence-electron chi connectivity index (χ4n) is 1.98. The molecule has 1 atom stereocenters. The van der Waals surface area contributed by atoms with E-state index in [-0.39, 0.29) is 5.41 Å². The Labute approximate surface area is 69.1 Å². The lowest BCUT2D eigenvalue weighted by molar-refractivity contribution is 0.206. The van der Waals surface area contributed by atoms with Gasteiger partial charge in [0.05, 0.1) is 0 Å². The first-order chi connectivity index (χ1) is 5.09. The highest BCUT2D eigenvalue weighted by atomic mass is 16.3. The zero-order valence-corrected chi connectivity index (χ0v) is 7.56. The lowest BCUT2D eigenvalue weighted by Gasteiger charge is -2.27. The molecule has 1 aliphatic carbocycles. The normalized spacial score (nSPS) is 29.4. The SMILES string of the molecule is C=C1CC[C@H](CCO)C1(C)C. The molecule has 0 aromatic heterocycles. The third-order valence-corrected chi connectivity index (χ3v) is 3.20. The fraction of sp³-hybridized carbons (Fsp3) is 0.800. The van der Waals surface area contributed by atoms with Crippen molar-refractivity contribution in [2.24, 2.45) is 11.3 Å². The van der Waals surface area contributed by atoms with Gasteiger partial charge < -0.3 is 5.11 Å². The number of hydrogen-bond donors (Lipinski definition) is 1. The van der Waals surface area contributed by atoms with Crippen molar-refractivity contribution in [1.29, 1.82) is 0 Å². The van der Waals surface area contributed by atoms with Gasteiger partial charge in [-0.05, 0) is 30.6 Å². The first-order valence-electron chi connectivity index (χ1n) is 4.38. The molecule has 1 nitrogen and oxygen atoms in total. The topological polar surface area (TPSA) is 20.2 Å². The van der Waals surface area contributed by atoms with E-state index < -0.39 is 0 Å². The Bertz CT molecular complexity index is 158. The van der Waals surface area contributed by atoms with E-state index in [1.54, 1.807) is 0 Å². The van der Waals surface area contributed by atoms with E-state index in [2.05, 4.69) is 20.4 Å². The summed E-state index contributed by atoms with van der Waals surface area (Å²) in [5, 5.41) is 8.82. The third-order valence-electron chi connectivity index (χ3n) is 3.20. The van der Waals surface area contributed by atoms with Crippen LogP contribution in [0.25, 0.3) is 0 Å². The smallest absolute Gasteiger partial charge is 0.0433 e. The maximum atomic E-state index is 8.82.